The Labute approximate surface area is 93.9 Å². The first-order valence-electron chi connectivity index (χ1n) is 3.82. The quantitative estimate of drug-likeness (QED) is 0.751. The number of pyridine rings is 2. The lowest BCUT2D eigenvalue weighted by atomic mass is 10.2. The number of nitrogen functional groups attached to an aromatic ring is 1. The van der Waals surface area contributed by atoms with E-state index in [9.17, 15) is 0 Å². The fraction of sp³-hybridized carbons (Fsp3) is 0. The predicted molar refractivity (Wildman–Crippen MR) is 61.4 cm³/mol. The first-order valence-corrected chi connectivity index (χ1v) is 4.90. The average molecular weight is 296 g/mol. The number of hydrogen-bond acceptors (Lipinski definition) is 4. The molecule has 0 aliphatic heterocycles. The molecule has 0 aromatic carbocycles. The Balaban J connectivity index is 2.82. The standard InChI is InChI=1S/C9H5IN4/c10-7-2-5-1-6(3-11)8(12)14-9(5)13-4-7/h1-2,4H,(H2,12,13,14). The van der Waals surface area contributed by atoms with Crippen LogP contribution in [0, 0.1) is 14.9 Å². The van der Waals surface area contributed by atoms with Gasteiger partial charge in [-0.25, -0.2) is 9.97 Å². The molecule has 0 fully saturated rings. The van der Waals surface area contributed by atoms with E-state index in [1.807, 2.05) is 12.1 Å². The normalized spacial score (nSPS) is 10.0. The summed E-state index contributed by atoms with van der Waals surface area (Å²) >= 11 is 2.16. The lowest BCUT2D eigenvalue weighted by Crippen LogP contribution is -1.96. The third kappa shape index (κ3) is 1.48. The summed E-state index contributed by atoms with van der Waals surface area (Å²) in [6.45, 7) is 0. The van der Waals surface area contributed by atoms with Crippen molar-refractivity contribution >= 4 is 39.4 Å². The average Bonchev–Trinajstić information content (AvgIpc) is 2.17. The number of hydrogen-bond donors (Lipinski definition) is 1. The molecule has 4 nitrogen and oxygen atoms in total. The molecule has 2 rings (SSSR count). The van der Waals surface area contributed by atoms with Gasteiger partial charge in [0.2, 0.25) is 0 Å². The molecule has 5 heteroatoms. The second-order valence-electron chi connectivity index (χ2n) is 2.73. The van der Waals surface area contributed by atoms with Gasteiger partial charge in [-0.1, -0.05) is 0 Å². The number of nitrogens with zero attached hydrogens (tertiary/aromatic N) is 3. The highest BCUT2D eigenvalue weighted by Gasteiger charge is 2.04. The first kappa shape index (κ1) is 9.15. The van der Waals surface area contributed by atoms with Crippen molar-refractivity contribution < 1.29 is 0 Å². The van der Waals surface area contributed by atoms with Crippen LogP contribution in [0.25, 0.3) is 11.0 Å². The van der Waals surface area contributed by atoms with Gasteiger partial charge >= 0.3 is 0 Å². The van der Waals surface area contributed by atoms with Crippen LogP contribution in [0.15, 0.2) is 18.3 Å². The number of anilines is 1. The minimum absolute atomic E-state index is 0.230. The second-order valence-corrected chi connectivity index (χ2v) is 3.98. The van der Waals surface area contributed by atoms with Crippen molar-refractivity contribution in [2.75, 3.05) is 5.73 Å². The zero-order valence-corrected chi connectivity index (χ0v) is 9.19. The molecule has 2 N–H and O–H groups in total. The summed E-state index contributed by atoms with van der Waals surface area (Å²) in [5, 5.41) is 9.59. The third-order valence-corrected chi connectivity index (χ3v) is 2.37. The summed E-state index contributed by atoms with van der Waals surface area (Å²) in [6, 6.07) is 5.60. The molecule has 0 amide bonds. The highest BCUT2D eigenvalue weighted by Crippen LogP contribution is 2.17. The van der Waals surface area contributed by atoms with E-state index < -0.39 is 0 Å². The molecule has 0 aliphatic carbocycles. The van der Waals surface area contributed by atoms with Crippen molar-refractivity contribution in [3.63, 3.8) is 0 Å². The Kier molecular flexibility index (Phi) is 2.21. The highest BCUT2D eigenvalue weighted by atomic mass is 127. The van der Waals surface area contributed by atoms with Crippen LogP contribution in [0.5, 0.6) is 0 Å². The Morgan fingerprint density at radius 2 is 2.21 bits per heavy atom. The third-order valence-electron chi connectivity index (χ3n) is 1.78. The van der Waals surface area contributed by atoms with Crippen molar-refractivity contribution in [2.45, 2.75) is 0 Å². The number of rotatable bonds is 0. The van der Waals surface area contributed by atoms with E-state index in [0.717, 1.165) is 8.96 Å². The smallest absolute Gasteiger partial charge is 0.161 e. The monoisotopic (exact) mass is 296 g/mol. The Hall–Kier alpha value is -1.42. The maximum Gasteiger partial charge on any atom is 0.161 e. The van der Waals surface area contributed by atoms with E-state index >= 15 is 0 Å². The van der Waals surface area contributed by atoms with Gasteiger partial charge in [0.05, 0.1) is 5.56 Å². The first-order chi connectivity index (χ1) is 6.70. The molecule has 0 bridgehead atoms. The van der Waals surface area contributed by atoms with Gasteiger partial charge in [0, 0.05) is 15.2 Å². The molecule has 2 aromatic heterocycles. The zero-order valence-electron chi connectivity index (χ0n) is 7.03. The predicted octanol–water partition coefficient (Wildman–Crippen LogP) is 1.69. The number of halogens is 1. The SMILES string of the molecule is N#Cc1cc2cc(I)cnc2nc1N. The van der Waals surface area contributed by atoms with Crippen LogP contribution in [0.2, 0.25) is 0 Å². The molecular formula is C9H5IN4. The molecule has 2 aromatic rings. The van der Waals surface area contributed by atoms with E-state index in [0.29, 0.717) is 11.2 Å². The van der Waals surface area contributed by atoms with Crippen molar-refractivity contribution in [3.8, 4) is 6.07 Å². The van der Waals surface area contributed by atoms with Gasteiger partial charge in [-0.05, 0) is 34.7 Å². The van der Waals surface area contributed by atoms with Crippen LogP contribution in [0.3, 0.4) is 0 Å². The highest BCUT2D eigenvalue weighted by molar-refractivity contribution is 14.1. The summed E-state index contributed by atoms with van der Waals surface area (Å²) in [4.78, 5) is 8.14. The minimum atomic E-state index is 0.230. The summed E-state index contributed by atoms with van der Waals surface area (Å²) in [7, 11) is 0. The Bertz CT molecular complexity index is 544. The molecule has 68 valence electrons. The molecule has 2 heterocycles. The maximum absolute atomic E-state index is 8.75. The Morgan fingerprint density at radius 1 is 1.43 bits per heavy atom. The Morgan fingerprint density at radius 3 is 2.93 bits per heavy atom. The molecular weight excluding hydrogens is 291 g/mol. The van der Waals surface area contributed by atoms with Crippen LogP contribution in [0.1, 0.15) is 5.56 Å². The van der Waals surface area contributed by atoms with E-state index in [2.05, 4.69) is 32.6 Å². The van der Waals surface area contributed by atoms with Gasteiger partial charge in [-0.15, -0.1) is 0 Å². The topological polar surface area (TPSA) is 75.6 Å². The van der Waals surface area contributed by atoms with Crippen LogP contribution in [-0.2, 0) is 0 Å². The fourth-order valence-corrected chi connectivity index (χ4v) is 1.62. The van der Waals surface area contributed by atoms with E-state index in [1.165, 1.54) is 0 Å². The number of fused-ring (bicyclic) bond motifs is 1. The molecule has 14 heavy (non-hydrogen) atoms. The maximum atomic E-state index is 8.75. The summed E-state index contributed by atoms with van der Waals surface area (Å²) in [6.07, 6.45) is 1.71. The van der Waals surface area contributed by atoms with Crippen LogP contribution >= 0.6 is 22.6 Å². The van der Waals surface area contributed by atoms with Crippen LogP contribution < -0.4 is 5.73 Å². The summed E-state index contributed by atoms with van der Waals surface area (Å²) < 4.78 is 1.01. The van der Waals surface area contributed by atoms with Gasteiger partial charge in [-0.2, -0.15) is 5.26 Å². The molecule has 0 saturated heterocycles. The molecule has 0 aliphatic rings. The number of nitriles is 1. The lowest BCUT2D eigenvalue weighted by molar-refractivity contribution is 1.27. The minimum Gasteiger partial charge on any atom is -0.383 e. The molecule has 0 radical (unpaired) electrons. The van der Waals surface area contributed by atoms with E-state index in [-0.39, 0.29) is 5.82 Å². The van der Waals surface area contributed by atoms with Gasteiger partial charge in [0.25, 0.3) is 0 Å². The largest absolute Gasteiger partial charge is 0.383 e. The summed E-state index contributed by atoms with van der Waals surface area (Å²) in [5.41, 5.74) is 6.52. The zero-order chi connectivity index (χ0) is 10.1. The van der Waals surface area contributed by atoms with Gasteiger partial charge in [0.1, 0.15) is 11.9 Å². The van der Waals surface area contributed by atoms with Gasteiger partial charge in [0.15, 0.2) is 5.65 Å². The van der Waals surface area contributed by atoms with Crippen LogP contribution in [-0.4, -0.2) is 9.97 Å². The van der Waals surface area contributed by atoms with Crippen molar-refractivity contribution in [3.05, 3.63) is 27.5 Å². The number of nitrogens with two attached hydrogens (primary N) is 1. The van der Waals surface area contributed by atoms with Crippen LogP contribution in [0.4, 0.5) is 5.82 Å². The molecule has 0 spiro atoms. The van der Waals surface area contributed by atoms with Crippen molar-refractivity contribution in [1.82, 2.24) is 9.97 Å². The van der Waals surface area contributed by atoms with Gasteiger partial charge in [-0.3, -0.25) is 0 Å². The number of aromatic nitrogens is 2. The van der Waals surface area contributed by atoms with E-state index in [1.54, 1.807) is 12.3 Å². The van der Waals surface area contributed by atoms with Crippen molar-refractivity contribution in [2.24, 2.45) is 0 Å². The molecule has 0 saturated carbocycles. The summed E-state index contributed by atoms with van der Waals surface area (Å²) in [5.74, 6) is 0.230. The fourth-order valence-electron chi connectivity index (χ4n) is 1.14. The van der Waals surface area contributed by atoms with Gasteiger partial charge < -0.3 is 5.73 Å². The molecule has 0 unspecified atom stereocenters. The lowest BCUT2D eigenvalue weighted by Gasteiger charge is -2.00. The van der Waals surface area contributed by atoms with E-state index in [4.69, 9.17) is 11.0 Å². The molecule has 0 atom stereocenters. The van der Waals surface area contributed by atoms with Crippen molar-refractivity contribution in [1.29, 1.82) is 5.26 Å². The second kappa shape index (κ2) is 3.38.